The minimum atomic E-state index is -0.533. The molecule has 2 amide bonds. The van der Waals surface area contributed by atoms with E-state index in [1.165, 1.54) is 29.2 Å². The highest BCUT2D eigenvalue weighted by Gasteiger charge is 2.20. The minimum absolute atomic E-state index is 0.113. The normalized spacial score (nSPS) is 10.5. The number of aromatic nitrogens is 2. The van der Waals surface area contributed by atoms with Crippen LogP contribution in [0, 0.1) is 10.1 Å². The highest BCUT2D eigenvalue weighted by Crippen LogP contribution is 2.26. The smallest absolute Gasteiger partial charge is 0.269 e. The van der Waals surface area contributed by atoms with Crippen LogP contribution in [0.25, 0.3) is 16.9 Å². The molecule has 1 heterocycles. The van der Waals surface area contributed by atoms with Crippen molar-refractivity contribution in [2.45, 2.75) is 6.92 Å². The molecule has 3 aromatic carbocycles. The maximum atomic E-state index is 13.0. The van der Waals surface area contributed by atoms with E-state index in [4.69, 9.17) is 4.74 Å². The maximum absolute atomic E-state index is 13.0. The van der Waals surface area contributed by atoms with Crippen LogP contribution in [0.4, 0.5) is 11.5 Å². The van der Waals surface area contributed by atoms with Crippen molar-refractivity contribution in [1.29, 1.82) is 0 Å². The first-order chi connectivity index (χ1) is 17.9. The summed E-state index contributed by atoms with van der Waals surface area (Å²) in [5.74, 6) is 0.313. The molecule has 1 N–H and O–H groups in total. The number of hydrogen-bond acceptors (Lipinski definition) is 6. The van der Waals surface area contributed by atoms with Gasteiger partial charge in [0.05, 0.1) is 23.4 Å². The van der Waals surface area contributed by atoms with Gasteiger partial charge in [0.25, 0.3) is 11.6 Å². The molecule has 10 heteroatoms. The van der Waals surface area contributed by atoms with Gasteiger partial charge in [0, 0.05) is 35.9 Å². The van der Waals surface area contributed by atoms with Gasteiger partial charge in [0.1, 0.15) is 18.1 Å². The summed E-state index contributed by atoms with van der Waals surface area (Å²) < 4.78 is 6.86. The Balaban J connectivity index is 1.56. The summed E-state index contributed by atoms with van der Waals surface area (Å²) >= 11 is 0. The molecule has 0 radical (unpaired) electrons. The summed E-state index contributed by atoms with van der Waals surface area (Å²) in [5.41, 5.74) is 2.41. The molecule has 0 aliphatic heterocycles. The molecule has 188 valence electrons. The summed E-state index contributed by atoms with van der Waals surface area (Å²) in [6.07, 6.45) is 0. The third-order valence-electron chi connectivity index (χ3n) is 5.69. The van der Waals surface area contributed by atoms with Crippen LogP contribution < -0.4 is 10.1 Å². The molecule has 0 aliphatic carbocycles. The monoisotopic (exact) mass is 499 g/mol. The van der Waals surface area contributed by atoms with Crippen LogP contribution >= 0.6 is 0 Å². The Bertz CT molecular complexity index is 1400. The lowest BCUT2D eigenvalue weighted by Gasteiger charge is -2.20. The minimum Gasteiger partial charge on any atom is -0.497 e. The van der Waals surface area contributed by atoms with E-state index in [0.717, 1.165) is 5.56 Å². The highest BCUT2D eigenvalue weighted by atomic mass is 16.6. The molecule has 10 nitrogen and oxygen atoms in total. The van der Waals surface area contributed by atoms with Crippen LogP contribution in [0.15, 0.2) is 84.9 Å². The fraction of sp³-hybridized carbons (Fsp3) is 0.148. The molecular formula is C27H25N5O5. The van der Waals surface area contributed by atoms with Crippen LogP contribution in [0.5, 0.6) is 5.75 Å². The lowest BCUT2D eigenvalue weighted by molar-refractivity contribution is -0.384. The van der Waals surface area contributed by atoms with Crippen LogP contribution in [0.1, 0.15) is 17.3 Å². The molecule has 4 rings (SSSR count). The number of anilines is 1. The van der Waals surface area contributed by atoms with Crippen molar-refractivity contribution >= 4 is 23.3 Å². The van der Waals surface area contributed by atoms with E-state index in [9.17, 15) is 19.7 Å². The number of benzene rings is 3. The average Bonchev–Trinajstić information content (AvgIpc) is 3.35. The number of nitrogens with zero attached hydrogens (tertiary/aromatic N) is 4. The summed E-state index contributed by atoms with van der Waals surface area (Å²) in [7, 11) is 1.58. The Kier molecular flexibility index (Phi) is 7.58. The fourth-order valence-corrected chi connectivity index (χ4v) is 3.73. The Morgan fingerprint density at radius 2 is 1.70 bits per heavy atom. The topological polar surface area (TPSA) is 120 Å². The predicted octanol–water partition coefficient (Wildman–Crippen LogP) is 4.56. The predicted molar refractivity (Wildman–Crippen MR) is 139 cm³/mol. The van der Waals surface area contributed by atoms with Crippen molar-refractivity contribution in [2.75, 3.05) is 25.5 Å². The van der Waals surface area contributed by atoms with Gasteiger partial charge in [-0.2, -0.15) is 5.10 Å². The van der Waals surface area contributed by atoms with Crippen molar-refractivity contribution < 1.29 is 19.2 Å². The maximum Gasteiger partial charge on any atom is 0.269 e. The number of carbonyl (C=O) groups excluding carboxylic acids is 2. The van der Waals surface area contributed by atoms with Crippen molar-refractivity contribution in [3.8, 4) is 22.7 Å². The van der Waals surface area contributed by atoms with E-state index in [0.29, 0.717) is 22.9 Å². The fourth-order valence-electron chi connectivity index (χ4n) is 3.73. The second-order valence-electron chi connectivity index (χ2n) is 8.06. The number of nitrogens with one attached hydrogen (secondary N) is 1. The number of non-ortho nitro benzene ring substituents is 1. The Morgan fingerprint density at radius 1 is 1.03 bits per heavy atom. The molecule has 0 bridgehead atoms. The van der Waals surface area contributed by atoms with Crippen molar-refractivity contribution in [1.82, 2.24) is 14.7 Å². The van der Waals surface area contributed by atoms with Gasteiger partial charge in [-0.05, 0) is 43.3 Å². The molecule has 0 saturated carbocycles. The summed E-state index contributed by atoms with van der Waals surface area (Å²) in [5, 5.41) is 18.4. The summed E-state index contributed by atoms with van der Waals surface area (Å²) in [4.78, 5) is 37.7. The van der Waals surface area contributed by atoms with Gasteiger partial charge < -0.3 is 15.0 Å². The van der Waals surface area contributed by atoms with Gasteiger partial charge in [-0.15, -0.1) is 0 Å². The number of nitro groups is 1. The average molecular weight is 500 g/mol. The molecule has 0 spiro atoms. The van der Waals surface area contributed by atoms with Gasteiger partial charge in [-0.1, -0.05) is 30.3 Å². The number of amides is 2. The molecule has 4 aromatic rings. The number of ether oxygens (including phenoxy) is 1. The van der Waals surface area contributed by atoms with Crippen LogP contribution in [-0.2, 0) is 4.79 Å². The lowest BCUT2D eigenvalue weighted by atomic mass is 10.1. The van der Waals surface area contributed by atoms with Gasteiger partial charge in [0.2, 0.25) is 5.91 Å². The first kappa shape index (κ1) is 25.1. The van der Waals surface area contributed by atoms with Gasteiger partial charge in [-0.3, -0.25) is 19.7 Å². The van der Waals surface area contributed by atoms with Crippen LogP contribution in [0.2, 0.25) is 0 Å². The van der Waals surface area contributed by atoms with E-state index in [-0.39, 0.29) is 24.3 Å². The third-order valence-corrected chi connectivity index (χ3v) is 5.69. The lowest BCUT2D eigenvalue weighted by Crippen LogP contribution is -2.38. The van der Waals surface area contributed by atoms with Crippen LogP contribution in [0.3, 0.4) is 0 Å². The quantitative estimate of drug-likeness (QED) is 0.266. The second kappa shape index (κ2) is 11.2. The zero-order valence-electron chi connectivity index (χ0n) is 20.3. The summed E-state index contributed by atoms with van der Waals surface area (Å²) in [6.45, 7) is 1.82. The van der Waals surface area contributed by atoms with Crippen LogP contribution in [-0.4, -0.2) is 51.6 Å². The number of rotatable bonds is 9. The largest absolute Gasteiger partial charge is 0.497 e. The molecule has 0 aliphatic rings. The first-order valence-electron chi connectivity index (χ1n) is 11.5. The second-order valence-corrected chi connectivity index (χ2v) is 8.06. The van der Waals surface area contributed by atoms with Crippen molar-refractivity contribution in [2.24, 2.45) is 0 Å². The number of methoxy groups -OCH3 is 1. The molecular weight excluding hydrogens is 474 g/mol. The SMILES string of the molecule is CCN(CC(=O)Nc1cc(-c2ccccc2)nn1-c1ccc(OC)cc1)C(=O)c1ccc([N+](=O)[O-])cc1. The van der Waals surface area contributed by atoms with Gasteiger partial charge in [-0.25, -0.2) is 4.68 Å². The van der Waals surface area contributed by atoms with Gasteiger partial charge in [0.15, 0.2) is 0 Å². The Morgan fingerprint density at radius 3 is 2.30 bits per heavy atom. The van der Waals surface area contributed by atoms with E-state index < -0.39 is 16.7 Å². The van der Waals surface area contributed by atoms with E-state index in [2.05, 4.69) is 10.4 Å². The number of carbonyl (C=O) groups is 2. The summed E-state index contributed by atoms with van der Waals surface area (Å²) in [6, 6.07) is 23.9. The standard InChI is InChI=1S/C27H25N5O5/c1-3-30(27(34)20-9-11-22(12-10-20)32(35)36)18-26(33)28-25-17-24(19-7-5-4-6-8-19)29-31(25)21-13-15-23(37-2)16-14-21/h4-17H,3,18H2,1-2H3,(H,28,33). The van der Waals surface area contributed by atoms with E-state index in [1.54, 1.807) is 36.9 Å². The van der Waals surface area contributed by atoms with Crippen molar-refractivity contribution in [3.05, 3.63) is 101 Å². The Hall–Kier alpha value is -4.99. The molecule has 0 saturated heterocycles. The highest BCUT2D eigenvalue weighted by molar-refractivity contribution is 5.99. The van der Waals surface area contributed by atoms with Crippen molar-refractivity contribution in [3.63, 3.8) is 0 Å². The number of hydrogen-bond donors (Lipinski definition) is 1. The molecule has 0 fully saturated rings. The van der Waals surface area contributed by atoms with E-state index in [1.807, 2.05) is 42.5 Å². The Labute approximate surface area is 213 Å². The molecule has 1 aromatic heterocycles. The first-order valence-corrected chi connectivity index (χ1v) is 11.5. The number of nitro benzene ring substituents is 1. The van der Waals surface area contributed by atoms with Gasteiger partial charge >= 0.3 is 0 Å². The molecule has 0 atom stereocenters. The zero-order valence-corrected chi connectivity index (χ0v) is 20.3. The molecule has 37 heavy (non-hydrogen) atoms. The molecule has 0 unspecified atom stereocenters. The number of likely N-dealkylation sites (N-methyl/N-ethyl adjacent to an activating group) is 1. The third kappa shape index (κ3) is 5.81. The van der Waals surface area contributed by atoms with E-state index >= 15 is 0 Å². The zero-order chi connectivity index (χ0) is 26.4.